The molecule has 186 valence electrons. The van der Waals surface area contributed by atoms with Gasteiger partial charge in [-0.15, -0.1) is 0 Å². The molecule has 2 atom stereocenters. The Hall–Kier alpha value is -2.46. The lowest BCUT2D eigenvalue weighted by Gasteiger charge is -2.21. The Bertz CT molecular complexity index is 1160. The number of hydrogen-bond donors (Lipinski definition) is 3. The van der Waals surface area contributed by atoms with E-state index in [1.165, 1.54) is 36.0 Å². The molecule has 0 amide bonds. The van der Waals surface area contributed by atoms with E-state index in [1.54, 1.807) is 0 Å². The van der Waals surface area contributed by atoms with E-state index in [-0.39, 0.29) is 10.6 Å². The topological polar surface area (TPSA) is 24.1 Å². The van der Waals surface area contributed by atoms with Crippen molar-refractivity contribution >= 4 is 30.1 Å². The minimum absolute atomic E-state index is 0.110. The number of halogens is 6. The van der Waals surface area contributed by atoms with E-state index in [4.69, 9.17) is 12.6 Å². The van der Waals surface area contributed by atoms with Gasteiger partial charge in [-0.3, -0.25) is 0 Å². The van der Waals surface area contributed by atoms with Crippen LogP contribution >= 0.6 is 24.4 Å². The zero-order chi connectivity index (χ0) is 25.4. The minimum Gasteiger partial charge on any atom is -0.381 e. The third-order valence-corrected chi connectivity index (χ3v) is 7.86. The SMILES string of the molecule is CC1=C(C(S)CC2=CC=C(c3ccc(C(F)(F)F)cc3)NC2)SC(c2ccc(C(F)(F)F)cc2)N1. The van der Waals surface area contributed by atoms with E-state index in [2.05, 4.69) is 10.6 Å². The zero-order valence-corrected chi connectivity index (χ0v) is 20.2. The van der Waals surface area contributed by atoms with Crippen molar-refractivity contribution in [1.82, 2.24) is 10.6 Å². The van der Waals surface area contributed by atoms with Crippen molar-refractivity contribution in [3.05, 3.63) is 99.1 Å². The molecule has 2 N–H and O–H groups in total. The van der Waals surface area contributed by atoms with E-state index in [1.807, 2.05) is 19.1 Å². The van der Waals surface area contributed by atoms with Gasteiger partial charge in [-0.05, 0) is 60.4 Å². The molecule has 2 aliphatic rings. The fourth-order valence-electron chi connectivity index (χ4n) is 3.89. The summed E-state index contributed by atoms with van der Waals surface area (Å²) < 4.78 is 76.8. The zero-order valence-electron chi connectivity index (χ0n) is 18.5. The van der Waals surface area contributed by atoms with Crippen molar-refractivity contribution < 1.29 is 26.3 Å². The number of thiol groups is 1. The van der Waals surface area contributed by atoms with Crippen molar-refractivity contribution in [3.8, 4) is 0 Å². The molecule has 2 aliphatic heterocycles. The molecule has 2 heterocycles. The molecule has 2 unspecified atom stereocenters. The minimum atomic E-state index is -4.37. The average Bonchev–Trinajstić information content (AvgIpc) is 3.20. The molecule has 0 saturated carbocycles. The average molecular weight is 529 g/mol. The molecule has 0 bridgehead atoms. The number of rotatable bonds is 5. The van der Waals surface area contributed by atoms with Crippen LogP contribution in [0.15, 0.2) is 76.9 Å². The predicted octanol–water partition coefficient (Wildman–Crippen LogP) is 7.55. The van der Waals surface area contributed by atoms with Crippen molar-refractivity contribution in [2.45, 2.75) is 36.3 Å². The second kappa shape index (κ2) is 9.89. The lowest BCUT2D eigenvalue weighted by Crippen LogP contribution is -2.20. The highest BCUT2D eigenvalue weighted by atomic mass is 32.2. The van der Waals surface area contributed by atoms with E-state index >= 15 is 0 Å². The van der Waals surface area contributed by atoms with E-state index < -0.39 is 23.5 Å². The third kappa shape index (κ3) is 6.03. The first-order valence-electron chi connectivity index (χ1n) is 10.7. The molecule has 0 radical (unpaired) electrons. The summed E-state index contributed by atoms with van der Waals surface area (Å²) in [7, 11) is 0. The fraction of sp³-hybridized carbons (Fsp3) is 0.280. The molecule has 0 aromatic heterocycles. The molecule has 0 spiro atoms. The summed E-state index contributed by atoms with van der Waals surface area (Å²) in [6.45, 7) is 2.46. The summed E-state index contributed by atoms with van der Waals surface area (Å²) in [5, 5.41) is 6.28. The van der Waals surface area contributed by atoms with Crippen molar-refractivity contribution in [1.29, 1.82) is 0 Å². The normalized spacial score (nSPS) is 19.6. The molecule has 10 heteroatoms. The Balaban J connectivity index is 1.38. The molecule has 0 fully saturated rings. The number of allylic oxidation sites excluding steroid dienone is 3. The van der Waals surface area contributed by atoms with Crippen LogP contribution in [0.4, 0.5) is 26.3 Å². The molecule has 4 rings (SSSR count). The second-order valence-corrected chi connectivity index (χ2v) is 10.1. The van der Waals surface area contributed by atoms with E-state index in [0.29, 0.717) is 18.5 Å². The van der Waals surface area contributed by atoms with Crippen molar-refractivity contribution in [3.63, 3.8) is 0 Å². The Morgan fingerprint density at radius 1 is 0.914 bits per heavy atom. The third-order valence-electron chi connectivity index (χ3n) is 5.78. The summed E-state index contributed by atoms with van der Waals surface area (Å²) in [5.41, 5.74) is 2.82. The van der Waals surface area contributed by atoms with Gasteiger partial charge in [0.25, 0.3) is 0 Å². The maximum absolute atomic E-state index is 12.8. The van der Waals surface area contributed by atoms with Gasteiger partial charge < -0.3 is 10.6 Å². The van der Waals surface area contributed by atoms with Crippen LogP contribution < -0.4 is 10.6 Å². The second-order valence-electron chi connectivity index (χ2n) is 8.31. The molecule has 0 saturated heterocycles. The van der Waals surface area contributed by atoms with Gasteiger partial charge in [0.15, 0.2) is 0 Å². The Kier molecular flexibility index (Phi) is 7.24. The molecule has 2 aromatic rings. The molecule has 2 nitrogen and oxygen atoms in total. The summed E-state index contributed by atoms with van der Waals surface area (Å²) in [6.07, 6.45) is -4.30. The fourth-order valence-corrected chi connectivity index (χ4v) is 5.76. The summed E-state index contributed by atoms with van der Waals surface area (Å²) >= 11 is 6.31. The lowest BCUT2D eigenvalue weighted by atomic mass is 10.0. The van der Waals surface area contributed by atoms with Gasteiger partial charge in [0.1, 0.15) is 5.37 Å². The predicted molar refractivity (Wildman–Crippen MR) is 131 cm³/mol. The van der Waals surface area contributed by atoms with Gasteiger partial charge in [0, 0.05) is 28.1 Å². The van der Waals surface area contributed by atoms with Gasteiger partial charge in [-0.2, -0.15) is 39.0 Å². The molecular weight excluding hydrogens is 506 g/mol. The van der Waals surface area contributed by atoms with Gasteiger partial charge >= 0.3 is 12.4 Å². The summed E-state index contributed by atoms with van der Waals surface area (Å²) in [4.78, 5) is 1.02. The quantitative estimate of drug-likeness (QED) is 0.276. The standard InChI is InChI=1S/C25H22F6N2S2/c1-14-22(35-23(33-14)17-5-9-19(10-6-17)25(29,30)31)21(34)12-15-2-11-20(32-13-15)16-3-7-18(8-4-16)24(26,27)28/h2-11,21,23,32-34H,12-13H2,1H3. The van der Waals surface area contributed by atoms with Gasteiger partial charge in [-0.1, -0.05) is 42.1 Å². The Labute approximate surface area is 209 Å². The maximum atomic E-state index is 12.8. The smallest absolute Gasteiger partial charge is 0.381 e. The maximum Gasteiger partial charge on any atom is 0.416 e. The molecule has 0 aliphatic carbocycles. The van der Waals surface area contributed by atoms with Crippen LogP contribution in [-0.4, -0.2) is 11.8 Å². The number of benzene rings is 2. The van der Waals surface area contributed by atoms with Crippen LogP contribution in [-0.2, 0) is 12.4 Å². The monoisotopic (exact) mass is 528 g/mol. The van der Waals surface area contributed by atoms with Crippen LogP contribution in [0.25, 0.3) is 5.70 Å². The lowest BCUT2D eigenvalue weighted by molar-refractivity contribution is -0.138. The number of alkyl halides is 6. The Morgan fingerprint density at radius 2 is 1.49 bits per heavy atom. The number of thioether (sulfide) groups is 1. The number of hydrogen-bond acceptors (Lipinski definition) is 4. The van der Waals surface area contributed by atoms with Crippen molar-refractivity contribution in [2.24, 2.45) is 0 Å². The first-order chi connectivity index (χ1) is 16.4. The van der Waals surface area contributed by atoms with Crippen LogP contribution in [0.2, 0.25) is 0 Å². The Morgan fingerprint density at radius 3 is 2.00 bits per heavy atom. The summed E-state index contributed by atoms with van der Waals surface area (Å²) in [6, 6.07) is 10.2. The first-order valence-corrected chi connectivity index (χ1v) is 12.1. The van der Waals surface area contributed by atoms with Gasteiger partial charge in [0.05, 0.1) is 11.1 Å². The van der Waals surface area contributed by atoms with Crippen LogP contribution in [0, 0.1) is 0 Å². The first kappa shape index (κ1) is 25.6. The highest BCUT2D eigenvalue weighted by molar-refractivity contribution is 8.04. The van der Waals surface area contributed by atoms with Crippen LogP contribution in [0.3, 0.4) is 0 Å². The summed E-state index contributed by atoms with van der Waals surface area (Å²) in [5.74, 6) is 0. The largest absolute Gasteiger partial charge is 0.416 e. The highest BCUT2D eigenvalue weighted by Gasteiger charge is 2.32. The number of dihydropyridines is 1. The highest BCUT2D eigenvalue weighted by Crippen LogP contribution is 2.45. The molecular formula is C25H22F6N2S2. The number of nitrogens with one attached hydrogen (secondary N) is 2. The van der Waals surface area contributed by atoms with Crippen LogP contribution in [0.5, 0.6) is 0 Å². The van der Waals surface area contributed by atoms with E-state index in [0.717, 1.165) is 51.7 Å². The van der Waals surface area contributed by atoms with Crippen molar-refractivity contribution in [2.75, 3.05) is 6.54 Å². The molecule has 35 heavy (non-hydrogen) atoms. The van der Waals surface area contributed by atoms with Crippen LogP contribution in [0.1, 0.15) is 41.0 Å². The van der Waals surface area contributed by atoms with Gasteiger partial charge in [-0.25, -0.2) is 0 Å². The molecule has 2 aromatic carbocycles. The van der Waals surface area contributed by atoms with E-state index in [9.17, 15) is 26.3 Å². The van der Waals surface area contributed by atoms with Gasteiger partial charge in [0.2, 0.25) is 0 Å².